The summed E-state index contributed by atoms with van der Waals surface area (Å²) in [5.74, 6) is -0.404. The molecule has 0 aliphatic heterocycles. The van der Waals surface area contributed by atoms with E-state index in [1.807, 2.05) is 13.8 Å². The molecule has 0 aliphatic rings. The Morgan fingerprint density at radius 1 is 1.45 bits per heavy atom. The smallest absolute Gasteiger partial charge is 0.340 e. The minimum absolute atomic E-state index is 0.313. The quantitative estimate of drug-likeness (QED) is 0.690. The number of nitrogen functional groups attached to an aromatic ring is 1. The van der Waals surface area contributed by atoms with Gasteiger partial charge in [-0.05, 0) is 48.8 Å². The highest BCUT2D eigenvalue weighted by atomic mass is 79.9. The van der Waals surface area contributed by atoms with Crippen molar-refractivity contribution >= 4 is 27.6 Å². The number of esters is 1. The number of para-hydroxylation sites is 1. The molecule has 0 atom stereocenters. The molecular weight excluding hydrogens is 322 g/mol. The number of rotatable bonds is 3. The van der Waals surface area contributed by atoms with Crippen molar-refractivity contribution in [1.29, 1.82) is 0 Å². The fraction of sp³-hybridized carbons (Fsp3) is 0.286. The molecule has 5 nitrogen and oxygen atoms in total. The van der Waals surface area contributed by atoms with E-state index in [1.165, 1.54) is 0 Å². The van der Waals surface area contributed by atoms with Crippen molar-refractivity contribution in [2.45, 2.75) is 20.8 Å². The number of halogens is 1. The molecule has 0 spiro atoms. The maximum absolute atomic E-state index is 12.1. The first-order valence-electron chi connectivity index (χ1n) is 6.25. The van der Waals surface area contributed by atoms with Gasteiger partial charge in [0.15, 0.2) is 0 Å². The van der Waals surface area contributed by atoms with Gasteiger partial charge in [0, 0.05) is 0 Å². The predicted molar refractivity (Wildman–Crippen MR) is 81.1 cm³/mol. The molecule has 1 aromatic heterocycles. The van der Waals surface area contributed by atoms with Crippen molar-refractivity contribution in [1.82, 2.24) is 9.78 Å². The number of nitrogens with zero attached hydrogens (tertiary/aromatic N) is 2. The standard InChI is InChI=1S/C14H16BrN3O2/c1-4-20-14(19)10-6-5-7-11(16)13(10)18-9(3)12(15)8(2)17-18/h5-7H,4,16H2,1-3H3. The lowest BCUT2D eigenvalue weighted by atomic mass is 10.1. The van der Waals surface area contributed by atoms with Gasteiger partial charge in [-0.25, -0.2) is 9.48 Å². The summed E-state index contributed by atoms with van der Waals surface area (Å²) in [5, 5.41) is 4.43. The first kappa shape index (κ1) is 14.6. The molecule has 1 aromatic carbocycles. The van der Waals surface area contributed by atoms with Crippen molar-refractivity contribution < 1.29 is 9.53 Å². The third kappa shape index (κ3) is 2.43. The van der Waals surface area contributed by atoms with Gasteiger partial charge in [-0.1, -0.05) is 6.07 Å². The van der Waals surface area contributed by atoms with Gasteiger partial charge in [0.2, 0.25) is 0 Å². The number of carbonyl (C=O) groups is 1. The first-order valence-corrected chi connectivity index (χ1v) is 7.04. The van der Waals surface area contributed by atoms with Crippen molar-refractivity contribution in [3.8, 4) is 5.69 Å². The van der Waals surface area contributed by atoms with Gasteiger partial charge < -0.3 is 10.5 Å². The van der Waals surface area contributed by atoms with Crippen LogP contribution in [0.3, 0.4) is 0 Å². The monoisotopic (exact) mass is 337 g/mol. The van der Waals surface area contributed by atoms with E-state index in [4.69, 9.17) is 10.5 Å². The normalized spacial score (nSPS) is 10.6. The molecule has 2 aromatic rings. The van der Waals surface area contributed by atoms with Gasteiger partial charge in [-0.15, -0.1) is 0 Å². The third-order valence-electron chi connectivity index (χ3n) is 2.98. The minimum Gasteiger partial charge on any atom is -0.462 e. The lowest BCUT2D eigenvalue weighted by Crippen LogP contribution is -2.13. The van der Waals surface area contributed by atoms with Crippen LogP contribution in [0.25, 0.3) is 5.69 Å². The zero-order chi connectivity index (χ0) is 14.9. The highest BCUT2D eigenvalue weighted by molar-refractivity contribution is 9.10. The Balaban J connectivity index is 2.66. The number of benzene rings is 1. The van der Waals surface area contributed by atoms with Crippen LogP contribution >= 0.6 is 15.9 Å². The number of hydrogen-bond donors (Lipinski definition) is 1. The van der Waals surface area contributed by atoms with Crippen LogP contribution in [-0.2, 0) is 4.74 Å². The second kappa shape index (κ2) is 5.66. The Bertz CT molecular complexity index is 665. The van der Waals surface area contributed by atoms with Crippen LogP contribution in [0.1, 0.15) is 28.7 Å². The molecule has 0 saturated carbocycles. The molecule has 2 N–H and O–H groups in total. The van der Waals surface area contributed by atoms with Gasteiger partial charge in [-0.3, -0.25) is 0 Å². The van der Waals surface area contributed by atoms with E-state index in [1.54, 1.807) is 29.8 Å². The lowest BCUT2D eigenvalue weighted by molar-refractivity contribution is 0.0526. The average Bonchev–Trinajstić information content (AvgIpc) is 2.66. The number of hydrogen-bond acceptors (Lipinski definition) is 4. The van der Waals surface area contributed by atoms with Crippen LogP contribution in [0.2, 0.25) is 0 Å². The minimum atomic E-state index is -0.404. The van der Waals surface area contributed by atoms with Crippen molar-refractivity contribution in [3.63, 3.8) is 0 Å². The number of carbonyl (C=O) groups excluding carboxylic acids is 1. The van der Waals surface area contributed by atoms with Gasteiger partial charge in [0.25, 0.3) is 0 Å². The molecule has 0 fully saturated rings. The van der Waals surface area contributed by atoms with Crippen LogP contribution in [0.15, 0.2) is 22.7 Å². The van der Waals surface area contributed by atoms with Crippen molar-refractivity contribution in [3.05, 3.63) is 39.6 Å². The van der Waals surface area contributed by atoms with Gasteiger partial charge >= 0.3 is 5.97 Å². The second-order valence-corrected chi connectivity index (χ2v) is 5.15. The van der Waals surface area contributed by atoms with E-state index in [0.29, 0.717) is 23.5 Å². The Labute approximate surface area is 125 Å². The summed E-state index contributed by atoms with van der Waals surface area (Å²) in [6.45, 7) is 5.87. The molecule has 0 bridgehead atoms. The van der Waals surface area contributed by atoms with Crippen LogP contribution in [0.4, 0.5) is 5.69 Å². The lowest BCUT2D eigenvalue weighted by Gasteiger charge is -2.13. The number of aromatic nitrogens is 2. The average molecular weight is 338 g/mol. The van der Waals surface area contributed by atoms with E-state index in [2.05, 4.69) is 21.0 Å². The molecule has 6 heteroatoms. The molecule has 20 heavy (non-hydrogen) atoms. The Kier molecular flexibility index (Phi) is 4.13. The van der Waals surface area contributed by atoms with E-state index >= 15 is 0 Å². The summed E-state index contributed by atoms with van der Waals surface area (Å²) >= 11 is 3.47. The van der Waals surface area contributed by atoms with Crippen LogP contribution in [0.5, 0.6) is 0 Å². The fourth-order valence-electron chi connectivity index (χ4n) is 2.01. The fourth-order valence-corrected chi connectivity index (χ4v) is 2.26. The maximum Gasteiger partial charge on any atom is 0.340 e. The van der Waals surface area contributed by atoms with Crippen LogP contribution in [0, 0.1) is 13.8 Å². The highest BCUT2D eigenvalue weighted by Crippen LogP contribution is 2.28. The molecular formula is C14H16BrN3O2. The maximum atomic E-state index is 12.1. The Hall–Kier alpha value is -1.82. The van der Waals surface area contributed by atoms with Crippen molar-refractivity contribution in [2.24, 2.45) is 0 Å². The third-order valence-corrected chi connectivity index (χ3v) is 4.13. The van der Waals surface area contributed by atoms with Gasteiger partial charge in [0.1, 0.15) is 5.69 Å². The molecule has 0 amide bonds. The summed E-state index contributed by atoms with van der Waals surface area (Å²) < 4.78 is 7.64. The number of aryl methyl sites for hydroxylation is 1. The second-order valence-electron chi connectivity index (χ2n) is 4.36. The number of anilines is 1. The Morgan fingerprint density at radius 3 is 2.70 bits per heavy atom. The zero-order valence-electron chi connectivity index (χ0n) is 11.6. The summed E-state index contributed by atoms with van der Waals surface area (Å²) in [4.78, 5) is 12.1. The van der Waals surface area contributed by atoms with Crippen LogP contribution in [-0.4, -0.2) is 22.4 Å². The topological polar surface area (TPSA) is 70.1 Å². The Morgan fingerprint density at radius 2 is 2.15 bits per heavy atom. The van der Waals surface area contributed by atoms with Gasteiger partial charge in [-0.2, -0.15) is 5.10 Å². The summed E-state index contributed by atoms with van der Waals surface area (Å²) in [5.41, 5.74) is 9.19. The number of nitrogens with two attached hydrogens (primary N) is 1. The van der Waals surface area contributed by atoms with E-state index in [9.17, 15) is 4.79 Å². The molecule has 2 rings (SSSR count). The molecule has 0 radical (unpaired) electrons. The van der Waals surface area contributed by atoms with Crippen molar-refractivity contribution in [2.75, 3.05) is 12.3 Å². The largest absolute Gasteiger partial charge is 0.462 e. The SMILES string of the molecule is CCOC(=O)c1cccc(N)c1-n1nc(C)c(Br)c1C. The van der Waals surface area contributed by atoms with Crippen LogP contribution < -0.4 is 5.73 Å². The summed E-state index contributed by atoms with van der Waals surface area (Å²) in [6, 6.07) is 5.16. The van der Waals surface area contributed by atoms with E-state index in [0.717, 1.165) is 15.9 Å². The highest BCUT2D eigenvalue weighted by Gasteiger charge is 2.20. The molecule has 0 aliphatic carbocycles. The summed E-state index contributed by atoms with van der Waals surface area (Å²) in [6.07, 6.45) is 0. The summed E-state index contributed by atoms with van der Waals surface area (Å²) in [7, 11) is 0. The zero-order valence-corrected chi connectivity index (χ0v) is 13.2. The van der Waals surface area contributed by atoms with Gasteiger partial charge in [0.05, 0.1) is 33.7 Å². The van der Waals surface area contributed by atoms with E-state index < -0.39 is 5.97 Å². The molecule has 0 saturated heterocycles. The molecule has 106 valence electrons. The number of ether oxygens (including phenoxy) is 1. The molecule has 1 heterocycles. The van der Waals surface area contributed by atoms with E-state index in [-0.39, 0.29) is 0 Å². The predicted octanol–water partition coefficient (Wildman–Crippen LogP) is 3.01. The first-order chi connectivity index (χ1) is 9.47. The molecule has 0 unspecified atom stereocenters.